The smallest absolute Gasteiger partial charge is 0.219 e. The van der Waals surface area contributed by atoms with E-state index in [-0.39, 0.29) is 11.7 Å². The predicted molar refractivity (Wildman–Crippen MR) is 69.0 cm³/mol. The topological polar surface area (TPSA) is 38.3 Å². The highest BCUT2D eigenvalue weighted by Gasteiger charge is 1.99. The lowest BCUT2D eigenvalue weighted by Gasteiger charge is -2.07. The highest BCUT2D eigenvalue weighted by Crippen LogP contribution is 2.10. The minimum atomic E-state index is -0.273. The fourth-order valence-electron chi connectivity index (χ4n) is 1.45. The van der Waals surface area contributed by atoms with Gasteiger partial charge in [0.25, 0.3) is 0 Å². The van der Waals surface area contributed by atoms with Gasteiger partial charge in [-0.1, -0.05) is 13.3 Å². The molecule has 0 aromatic heterocycles. The Morgan fingerprint density at radius 2 is 2.00 bits per heavy atom. The van der Waals surface area contributed by atoms with Crippen LogP contribution in [0.5, 0.6) is 5.75 Å². The van der Waals surface area contributed by atoms with Crippen molar-refractivity contribution in [3.8, 4) is 5.75 Å². The van der Waals surface area contributed by atoms with Gasteiger partial charge in [-0.05, 0) is 37.1 Å². The van der Waals surface area contributed by atoms with E-state index in [1.165, 1.54) is 12.1 Å². The van der Waals surface area contributed by atoms with Crippen LogP contribution in [0.15, 0.2) is 24.3 Å². The Morgan fingerprint density at radius 1 is 1.28 bits per heavy atom. The molecular formula is C14H20FNO2. The molecule has 0 saturated carbocycles. The van der Waals surface area contributed by atoms with Crippen LogP contribution in [0.1, 0.15) is 32.6 Å². The Morgan fingerprint density at radius 3 is 2.67 bits per heavy atom. The Kier molecular flexibility index (Phi) is 6.84. The van der Waals surface area contributed by atoms with Crippen molar-refractivity contribution in [1.29, 1.82) is 0 Å². The molecule has 0 heterocycles. The molecule has 18 heavy (non-hydrogen) atoms. The molecule has 1 rings (SSSR count). The zero-order valence-corrected chi connectivity index (χ0v) is 10.7. The number of ether oxygens (including phenoxy) is 1. The molecule has 0 fully saturated rings. The maximum atomic E-state index is 12.6. The number of hydrogen-bond donors (Lipinski definition) is 1. The summed E-state index contributed by atoms with van der Waals surface area (Å²) >= 11 is 0. The molecule has 0 aliphatic rings. The summed E-state index contributed by atoms with van der Waals surface area (Å²) in [6.45, 7) is 3.19. The number of benzene rings is 1. The molecule has 0 saturated heterocycles. The second-order valence-corrected chi connectivity index (χ2v) is 4.11. The second kappa shape index (κ2) is 8.50. The van der Waals surface area contributed by atoms with Crippen LogP contribution >= 0.6 is 0 Å². The number of rotatable bonds is 8. The van der Waals surface area contributed by atoms with Crippen LogP contribution in [0.4, 0.5) is 4.39 Å². The highest BCUT2D eigenvalue weighted by atomic mass is 19.1. The summed E-state index contributed by atoms with van der Waals surface area (Å²) in [5, 5.41) is 2.83. The predicted octanol–water partition coefficient (Wildman–Crippen LogP) is 2.90. The highest BCUT2D eigenvalue weighted by molar-refractivity contribution is 5.75. The van der Waals surface area contributed by atoms with Gasteiger partial charge in [-0.15, -0.1) is 0 Å². The van der Waals surface area contributed by atoms with Gasteiger partial charge in [0.1, 0.15) is 11.6 Å². The lowest BCUT2D eigenvalue weighted by Crippen LogP contribution is -2.25. The fraction of sp³-hybridized carbons (Fsp3) is 0.500. The van der Waals surface area contributed by atoms with E-state index in [9.17, 15) is 9.18 Å². The lowest BCUT2D eigenvalue weighted by atomic mass is 10.2. The van der Waals surface area contributed by atoms with Crippen molar-refractivity contribution in [2.24, 2.45) is 0 Å². The molecule has 4 heteroatoms. The number of nitrogens with one attached hydrogen (secondary N) is 1. The van der Waals surface area contributed by atoms with Crippen molar-refractivity contribution < 1.29 is 13.9 Å². The third-order valence-corrected chi connectivity index (χ3v) is 2.48. The van der Waals surface area contributed by atoms with E-state index >= 15 is 0 Å². The van der Waals surface area contributed by atoms with Crippen molar-refractivity contribution >= 4 is 5.91 Å². The summed E-state index contributed by atoms with van der Waals surface area (Å²) in [7, 11) is 0. The second-order valence-electron chi connectivity index (χ2n) is 4.11. The van der Waals surface area contributed by atoms with Gasteiger partial charge < -0.3 is 10.1 Å². The first-order chi connectivity index (χ1) is 8.72. The van der Waals surface area contributed by atoms with E-state index in [0.717, 1.165) is 19.3 Å². The molecule has 1 aromatic carbocycles. The van der Waals surface area contributed by atoms with Crippen LogP contribution in [0.3, 0.4) is 0 Å². The number of amides is 1. The van der Waals surface area contributed by atoms with Gasteiger partial charge in [0.2, 0.25) is 5.91 Å². The number of carbonyl (C=O) groups is 1. The van der Waals surface area contributed by atoms with E-state index in [0.29, 0.717) is 25.3 Å². The van der Waals surface area contributed by atoms with E-state index in [4.69, 9.17) is 4.74 Å². The minimum Gasteiger partial charge on any atom is -0.494 e. The van der Waals surface area contributed by atoms with Gasteiger partial charge in [0, 0.05) is 13.0 Å². The molecule has 0 atom stereocenters. The molecule has 0 unspecified atom stereocenters. The summed E-state index contributed by atoms with van der Waals surface area (Å²) in [6, 6.07) is 5.91. The molecule has 1 N–H and O–H groups in total. The average Bonchev–Trinajstić information content (AvgIpc) is 2.38. The van der Waals surface area contributed by atoms with Crippen molar-refractivity contribution in [3.63, 3.8) is 0 Å². The zero-order valence-electron chi connectivity index (χ0n) is 10.7. The Labute approximate surface area is 107 Å². The first-order valence-electron chi connectivity index (χ1n) is 6.37. The summed E-state index contributed by atoms with van der Waals surface area (Å²) < 4.78 is 18.0. The van der Waals surface area contributed by atoms with Gasteiger partial charge in [-0.2, -0.15) is 0 Å². The molecule has 1 amide bonds. The van der Waals surface area contributed by atoms with E-state index in [1.54, 1.807) is 12.1 Å². The zero-order chi connectivity index (χ0) is 13.2. The Hall–Kier alpha value is -1.58. The van der Waals surface area contributed by atoms with Crippen LogP contribution in [-0.2, 0) is 4.79 Å². The molecule has 100 valence electrons. The lowest BCUT2D eigenvalue weighted by molar-refractivity contribution is -0.121. The van der Waals surface area contributed by atoms with Gasteiger partial charge in [0.05, 0.1) is 6.61 Å². The Bertz CT molecular complexity index is 351. The maximum absolute atomic E-state index is 12.6. The first-order valence-corrected chi connectivity index (χ1v) is 6.37. The first kappa shape index (κ1) is 14.5. The molecule has 0 aliphatic heterocycles. The van der Waals surface area contributed by atoms with E-state index in [2.05, 4.69) is 12.2 Å². The Balaban J connectivity index is 2.05. The summed E-state index contributed by atoms with van der Waals surface area (Å²) in [5.41, 5.74) is 0. The van der Waals surface area contributed by atoms with Gasteiger partial charge in [-0.3, -0.25) is 4.79 Å². The van der Waals surface area contributed by atoms with Crippen LogP contribution in [0, 0.1) is 5.82 Å². The quantitative estimate of drug-likeness (QED) is 0.723. The van der Waals surface area contributed by atoms with Crippen LogP contribution in [0.25, 0.3) is 0 Å². The number of halogens is 1. The van der Waals surface area contributed by atoms with Crippen LogP contribution in [0.2, 0.25) is 0 Å². The number of hydrogen-bond acceptors (Lipinski definition) is 2. The van der Waals surface area contributed by atoms with Crippen molar-refractivity contribution in [3.05, 3.63) is 30.1 Å². The molecule has 0 aliphatic carbocycles. The largest absolute Gasteiger partial charge is 0.494 e. The summed E-state index contributed by atoms with van der Waals surface area (Å²) in [4.78, 5) is 11.3. The maximum Gasteiger partial charge on any atom is 0.219 e. The minimum absolute atomic E-state index is 0.0960. The van der Waals surface area contributed by atoms with Crippen molar-refractivity contribution in [2.45, 2.75) is 32.6 Å². The molecule has 3 nitrogen and oxygen atoms in total. The number of unbranched alkanes of at least 4 members (excludes halogenated alkanes) is 1. The van der Waals surface area contributed by atoms with Gasteiger partial charge in [0.15, 0.2) is 0 Å². The van der Waals surface area contributed by atoms with Crippen LogP contribution in [-0.4, -0.2) is 19.1 Å². The van der Waals surface area contributed by atoms with Gasteiger partial charge >= 0.3 is 0 Å². The van der Waals surface area contributed by atoms with Crippen LogP contribution < -0.4 is 10.1 Å². The average molecular weight is 253 g/mol. The molecule has 0 radical (unpaired) electrons. The SMILES string of the molecule is CCCCC(=O)NCCCOc1ccc(F)cc1. The normalized spacial score (nSPS) is 10.1. The molecule has 0 bridgehead atoms. The van der Waals surface area contributed by atoms with E-state index < -0.39 is 0 Å². The molecular weight excluding hydrogens is 233 g/mol. The van der Waals surface area contributed by atoms with E-state index in [1.807, 2.05) is 0 Å². The summed E-state index contributed by atoms with van der Waals surface area (Å²) in [5.74, 6) is 0.470. The summed E-state index contributed by atoms with van der Waals surface area (Å²) in [6.07, 6.45) is 3.30. The fourth-order valence-corrected chi connectivity index (χ4v) is 1.45. The van der Waals surface area contributed by atoms with Gasteiger partial charge in [-0.25, -0.2) is 4.39 Å². The third-order valence-electron chi connectivity index (χ3n) is 2.48. The molecule has 0 spiro atoms. The van der Waals surface area contributed by atoms with Crippen molar-refractivity contribution in [2.75, 3.05) is 13.2 Å². The monoisotopic (exact) mass is 253 g/mol. The number of carbonyl (C=O) groups excluding carboxylic acids is 1. The van der Waals surface area contributed by atoms with Crippen molar-refractivity contribution in [1.82, 2.24) is 5.32 Å². The standard InChI is InChI=1S/C14H20FNO2/c1-2-3-5-14(17)16-10-4-11-18-13-8-6-12(15)7-9-13/h6-9H,2-5,10-11H2,1H3,(H,16,17). The third kappa shape index (κ3) is 6.23. The molecule has 1 aromatic rings.